The Labute approximate surface area is 152 Å². The largest absolute Gasteiger partial charge is 0.490 e. The number of nitrogens with one attached hydrogen (secondary N) is 1. The molecule has 0 saturated heterocycles. The molecule has 0 spiro atoms. The Kier molecular flexibility index (Phi) is 5.02. The zero-order chi connectivity index (χ0) is 19.6. The van der Waals surface area contributed by atoms with Crippen molar-refractivity contribution in [3.8, 4) is 17.1 Å². The van der Waals surface area contributed by atoms with E-state index < -0.39 is 17.5 Å². The molecular weight excluding hydrogens is 363 g/mol. The molecule has 0 atom stereocenters. The Bertz CT molecular complexity index is 976. The topological polar surface area (TPSA) is 81.0 Å². The Morgan fingerprint density at radius 3 is 2.44 bits per heavy atom. The zero-order valence-corrected chi connectivity index (χ0v) is 14.5. The highest BCUT2D eigenvalue weighted by Gasteiger charge is 2.30. The van der Waals surface area contributed by atoms with Crippen LogP contribution in [0.2, 0.25) is 0 Å². The van der Waals surface area contributed by atoms with E-state index in [1.807, 2.05) is 13.8 Å². The number of nitrogens with zero attached hydrogens (tertiary/aromatic N) is 2. The summed E-state index contributed by atoms with van der Waals surface area (Å²) in [5, 5.41) is 3.69. The molecule has 0 aliphatic heterocycles. The van der Waals surface area contributed by atoms with Crippen molar-refractivity contribution in [2.24, 2.45) is 0 Å². The van der Waals surface area contributed by atoms with E-state index >= 15 is 0 Å². The summed E-state index contributed by atoms with van der Waals surface area (Å²) in [6.07, 6.45) is -2.80. The molecule has 3 aromatic rings. The number of aromatic amines is 1. The summed E-state index contributed by atoms with van der Waals surface area (Å²) >= 11 is 0. The average molecular weight is 379 g/mol. The van der Waals surface area contributed by atoms with E-state index in [4.69, 9.17) is 4.74 Å². The van der Waals surface area contributed by atoms with Crippen molar-refractivity contribution >= 4 is 0 Å². The first-order valence-corrected chi connectivity index (χ1v) is 8.11. The number of hydrogen-bond donors (Lipinski definition) is 1. The number of H-pyrrole nitrogens is 1. The number of ether oxygens (including phenoxy) is 1. The summed E-state index contributed by atoms with van der Waals surface area (Å²) in [4.78, 5) is 18.1. The SMILES string of the molecule is CC(C)Oc1ccnc(Cc2ccc(C(F)(F)F)cc2)c1-c1noc(=O)[nH]1. The molecular formula is C18H16F3N3O3. The summed E-state index contributed by atoms with van der Waals surface area (Å²) in [6.45, 7) is 3.68. The number of rotatable bonds is 5. The molecule has 0 saturated carbocycles. The van der Waals surface area contributed by atoms with E-state index in [-0.39, 0.29) is 18.3 Å². The summed E-state index contributed by atoms with van der Waals surface area (Å²) in [5.41, 5.74) is 0.802. The van der Waals surface area contributed by atoms with E-state index in [9.17, 15) is 18.0 Å². The van der Waals surface area contributed by atoms with E-state index in [1.54, 1.807) is 6.07 Å². The highest BCUT2D eigenvalue weighted by atomic mass is 19.4. The highest BCUT2D eigenvalue weighted by molar-refractivity contribution is 5.66. The molecule has 0 radical (unpaired) electrons. The molecule has 27 heavy (non-hydrogen) atoms. The molecule has 0 aliphatic rings. The van der Waals surface area contributed by atoms with E-state index in [0.29, 0.717) is 22.6 Å². The number of aromatic nitrogens is 3. The first-order valence-electron chi connectivity index (χ1n) is 8.11. The molecule has 9 heteroatoms. The van der Waals surface area contributed by atoms with Crippen molar-refractivity contribution < 1.29 is 22.4 Å². The minimum Gasteiger partial charge on any atom is -0.490 e. The number of benzene rings is 1. The van der Waals surface area contributed by atoms with Gasteiger partial charge < -0.3 is 4.74 Å². The van der Waals surface area contributed by atoms with Gasteiger partial charge in [0.25, 0.3) is 0 Å². The van der Waals surface area contributed by atoms with Gasteiger partial charge in [-0.1, -0.05) is 17.3 Å². The van der Waals surface area contributed by atoms with Crippen LogP contribution in [-0.2, 0) is 12.6 Å². The summed E-state index contributed by atoms with van der Waals surface area (Å²) in [6, 6.07) is 6.42. The predicted octanol–water partition coefficient (Wildman–Crippen LogP) is 3.82. The molecule has 0 unspecified atom stereocenters. The van der Waals surface area contributed by atoms with Crippen LogP contribution < -0.4 is 10.5 Å². The lowest BCUT2D eigenvalue weighted by Gasteiger charge is -2.15. The molecule has 0 fully saturated rings. The maximum Gasteiger partial charge on any atom is 0.439 e. The van der Waals surface area contributed by atoms with Crippen LogP contribution >= 0.6 is 0 Å². The normalized spacial score (nSPS) is 11.8. The van der Waals surface area contributed by atoms with Gasteiger partial charge in [-0.15, -0.1) is 0 Å². The van der Waals surface area contributed by atoms with Crippen LogP contribution in [0.1, 0.15) is 30.7 Å². The zero-order valence-electron chi connectivity index (χ0n) is 14.5. The molecule has 0 amide bonds. The number of hydrogen-bond acceptors (Lipinski definition) is 5. The van der Waals surface area contributed by atoms with Crippen molar-refractivity contribution in [1.82, 2.24) is 15.1 Å². The molecule has 142 valence electrons. The molecule has 0 aliphatic carbocycles. The lowest BCUT2D eigenvalue weighted by atomic mass is 10.0. The fraction of sp³-hybridized carbons (Fsp3) is 0.278. The monoisotopic (exact) mass is 379 g/mol. The molecule has 0 bridgehead atoms. The Morgan fingerprint density at radius 1 is 1.19 bits per heavy atom. The molecule has 2 aromatic heterocycles. The van der Waals surface area contributed by atoms with Gasteiger partial charge in [-0.3, -0.25) is 14.5 Å². The summed E-state index contributed by atoms with van der Waals surface area (Å²) in [7, 11) is 0. The standard InChI is InChI=1S/C18H16F3N3O3/c1-10(2)26-14-7-8-22-13(15(14)16-23-17(25)27-24-16)9-11-3-5-12(6-4-11)18(19,20)21/h3-8,10H,9H2,1-2H3,(H,23,24,25). The highest BCUT2D eigenvalue weighted by Crippen LogP contribution is 2.33. The van der Waals surface area contributed by atoms with Gasteiger partial charge in [0.15, 0.2) is 5.82 Å². The minimum absolute atomic E-state index is 0.144. The summed E-state index contributed by atoms with van der Waals surface area (Å²) < 4.78 is 48.5. The van der Waals surface area contributed by atoms with Crippen LogP contribution in [-0.4, -0.2) is 21.2 Å². The molecule has 3 rings (SSSR count). The quantitative estimate of drug-likeness (QED) is 0.729. The first kappa shape index (κ1) is 18.7. The second-order valence-electron chi connectivity index (χ2n) is 6.11. The first-order chi connectivity index (χ1) is 12.7. The van der Waals surface area contributed by atoms with Crippen molar-refractivity contribution in [2.45, 2.75) is 32.5 Å². The van der Waals surface area contributed by atoms with Crippen molar-refractivity contribution in [3.63, 3.8) is 0 Å². The van der Waals surface area contributed by atoms with Gasteiger partial charge in [0.2, 0.25) is 0 Å². The van der Waals surface area contributed by atoms with Gasteiger partial charge in [-0.25, -0.2) is 4.79 Å². The van der Waals surface area contributed by atoms with E-state index in [2.05, 4.69) is 19.6 Å². The van der Waals surface area contributed by atoms with Crippen LogP contribution in [0.25, 0.3) is 11.4 Å². The molecule has 1 aromatic carbocycles. The van der Waals surface area contributed by atoms with Gasteiger partial charge in [0, 0.05) is 12.6 Å². The van der Waals surface area contributed by atoms with Crippen LogP contribution in [0.3, 0.4) is 0 Å². The number of alkyl halides is 3. The lowest BCUT2D eigenvalue weighted by molar-refractivity contribution is -0.137. The van der Waals surface area contributed by atoms with Crippen molar-refractivity contribution in [1.29, 1.82) is 0 Å². The minimum atomic E-state index is -4.40. The third-order valence-electron chi connectivity index (χ3n) is 3.68. The Morgan fingerprint density at radius 2 is 1.89 bits per heavy atom. The molecule has 6 nitrogen and oxygen atoms in total. The van der Waals surface area contributed by atoms with Gasteiger partial charge in [-0.05, 0) is 37.6 Å². The maximum atomic E-state index is 12.7. The van der Waals surface area contributed by atoms with Crippen molar-refractivity contribution in [3.05, 3.63) is 63.9 Å². The average Bonchev–Trinajstić information content (AvgIpc) is 3.00. The van der Waals surface area contributed by atoms with Crippen LogP contribution in [0.4, 0.5) is 13.2 Å². The van der Waals surface area contributed by atoms with E-state index in [1.165, 1.54) is 18.3 Å². The lowest BCUT2D eigenvalue weighted by Crippen LogP contribution is -2.09. The third-order valence-corrected chi connectivity index (χ3v) is 3.68. The van der Waals surface area contributed by atoms with Crippen molar-refractivity contribution in [2.75, 3.05) is 0 Å². The van der Waals surface area contributed by atoms with E-state index in [0.717, 1.165) is 12.1 Å². The van der Waals surface area contributed by atoms with Gasteiger partial charge in [0.05, 0.1) is 22.9 Å². The van der Waals surface area contributed by atoms with Crippen LogP contribution in [0, 0.1) is 0 Å². The number of halogens is 3. The maximum absolute atomic E-state index is 12.7. The van der Waals surface area contributed by atoms with Gasteiger partial charge in [0.1, 0.15) is 5.75 Å². The Balaban J connectivity index is 2.01. The second kappa shape index (κ2) is 7.26. The second-order valence-corrected chi connectivity index (χ2v) is 6.11. The number of pyridine rings is 1. The third kappa shape index (κ3) is 4.36. The smallest absolute Gasteiger partial charge is 0.439 e. The fourth-order valence-corrected chi connectivity index (χ4v) is 2.57. The fourth-order valence-electron chi connectivity index (χ4n) is 2.57. The molecule has 1 N–H and O–H groups in total. The van der Waals surface area contributed by atoms with Crippen LogP contribution in [0.15, 0.2) is 45.8 Å². The van der Waals surface area contributed by atoms with Gasteiger partial charge in [-0.2, -0.15) is 13.2 Å². The van der Waals surface area contributed by atoms with Gasteiger partial charge >= 0.3 is 11.9 Å². The Hall–Kier alpha value is -3.10. The predicted molar refractivity (Wildman–Crippen MR) is 90.4 cm³/mol. The molecule has 2 heterocycles. The summed E-state index contributed by atoms with van der Waals surface area (Å²) in [5.74, 6) is -0.151. The van der Waals surface area contributed by atoms with Crippen LogP contribution in [0.5, 0.6) is 5.75 Å².